The van der Waals surface area contributed by atoms with E-state index in [2.05, 4.69) is 6.07 Å². The van der Waals surface area contributed by atoms with Gasteiger partial charge in [0.1, 0.15) is 17.2 Å². The lowest BCUT2D eigenvalue weighted by Gasteiger charge is -2.38. The fourth-order valence-corrected chi connectivity index (χ4v) is 4.03. The van der Waals surface area contributed by atoms with Crippen LogP contribution in [0.25, 0.3) is 0 Å². The summed E-state index contributed by atoms with van der Waals surface area (Å²) in [6, 6.07) is 17.3. The topological polar surface area (TPSA) is 38.0 Å². The molecule has 4 nitrogen and oxygen atoms in total. The molecule has 0 N–H and O–H groups in total. The van der Waals surface area contributed by atoms with Crippen LogP contribution in [0.4, 0.5) is 0 Å². The highest BCUT2D eigenvalue weighted by Gasteiger charge is 2.42. The molecule has 0 bridgehead atoms. The molecular formula is C20H14Cl2N2O2. The zero-order valence-electron chi connectivity index (χ0n) is 13.6. The van der Waals surface area contributed by atoms with E-state index in [0.29, 0.717) is 10.0 Å². The maximum atomic E-state index is 6.46. The molecule has 2 aromatic carbocycles. The van der Waals surface area contributed by atoms with Crippen LogP contribution in [0, 0.1) is 0 Å². The van der Waals surface area contributed by atoms with Gasteiger partial charge in [0.25, 0.3) is 0 Å². The highest BCUT2D eigenvalue weighted by Crippen LogP contribution is 2.48. The molecule has 26 heavy (non-hydrogen) atoms. The average Bonchev–Trinajstić information content (AvgIpc) is 3.31. The van der Waals surface area contributed by atoms with Crippen LogP contribution in [0.3, 0.4) is 0 Å². The van der Waals surface area contributed by atoms with Crippen LogP contribution in [-0.4, -0.2) is 10.7 Å². The molecule has 0 amide bonds. The van der Waals surface area contributed by atoms with E-state index in [0.717, 1.165) is 34.8 Å². The monoisotopic (exact) mass is 384 g/mol. The average molecular weight is 385 g/mol. The van der Waals surface area contributed by atoms with Gasteiger partial charge in [-0.15, -0.1) is 0 Å². The largest absolute Gasteiger partial charge is 0.464 e. The van der Waals surface area contributed by atoms with Crippen molar-refractivity contribution in [1.29, 1.82) is 0 Å². The summed E-state index contributed by atoms with van der Waals surface area (Å²) < 4.78 is 11.8. The summed E-state index contributed by atoms with van der Waals surface area (Å²) in [5, 5.41) is 7.93. The van der Waals surface area contributed by atoms with Crippen LogP contribution >= 0.6 is 23.2 Å². The number of hydrogen-bond donors (Lipinski definition) is 0. The second-order valence-electron chi connectivity index (χ2n) is 6.30. The third kappa shape index (κ3) is 2.49. The summed E-state index contributed by atoms with van der Waals surface area (Å²) in [7, 11) is 0. The molecule has 130 valence electrons. The maximum Gasteiger partial charge on any atom is 0.215 e. The van der Waals surface area contributed by atoms with E-state index in [1.54, 1.807) is 12.3 Å². The Morgan fingerprint density at radius 1 is 1.00 bits per heavy atom. The minimum Gasteiger partial charge on any atom is -0.464 e. The molecule has 0 aliphatic carbocycles. The summed E-state index contributed by atoms with van der Waals surface area (Å²) in [5.41, 5.74) is 2.84. The first kappa shape index (κ1) is 15.8. The van der Waals surface area contributed by atoms with Crippen molar-refractivity contribution >= 4 is 28.9 Å². The minimum absolute atomic E-state index is 0.0665. The zero-order valence-corrected chi connectivity index (χ0v) is 15.1. The van der Waals surface area contributed by atoms with E-state index in [1.807, 2.05) is 47.5 Å². The van der Waals surface area contributed by atoms with Crippen molar-refractivity contribution in [1.82, 2.24) is 5.01 Å². The number of para-hydroxylation sites is 1. The Bertz CT molecular complexity index is 1000. The molecule has 3 aromatic rings. The van der Waals surface area contributed by atoms with Crippen molar-refractivity contribution < 1.29 is 9.15 Å². The fourth-order valence-electron chi connectivity index (χ4n) is 3.53. The molecule has 5 rings (SSSR count). The summed E-state index contributed by atoms with van der Waals surface area (Å²) in [6.45, 7) is 0. The summed E-state index contributed by atoms with van der Waals surface area (Å²) in [4.78, 5) is 0. The van der Waals surface area contributed by atoms with Gasteiger partial charge in [0.05, 0.1) is 17.3 Å². The molecule has 2 unspecified atom stereocenters. The van der Waals surface area contributed by atoms with Crippen molar-refractivity contribution in [3.8, 4) is 5.75 Å². The molecule has 2 atom stereocenters. The Labute approximate surface area is 160 Å². The van der Waals surface area contributed by atoms with Crippen LogP contribution in [-0.2, 0) is 0 Å². The maximum absolute atomic E-state index is 6.46. The van der Waals surface area contributed by atoms with Crippen LogP contribution in [0.2, 0.25) is 10.0 Å². The molecule has 0 fully saturated rings. The number of nitrogens with zero attached hydrogens (tertiary/aromatic N) is 2. The minimum atomic E-state index is -0.424. The van der Waals surface area contributed by atoms with Gasteiger partial charge in [-0.05, 0) is 30.3 Å². The van der Waals surface area contributed by atoms with Crippen molar-refractivity contribution in [3.63, 3.8) is 0 Å². The van der Waals surface area contributed by atoms with Gasteiger partial charge in [-0.1, -0.05) is 47.5 Å². The van der Waals surface area contributed by atoms with Crippen LogP contribution in [0.5, 0.6) is 5.75 Å². The second kappa shape index (κ2) is 6.08. The second-order valence-corrected chi connectivity index (χ2v) is 7.14. The first-order chi connectivity index (χ1) is 12.7. The van der Waals surface area contributed by atoms with Crippen LogP contribution in [0.15, 0.2) is 70.4 Å². The number of benzene rings is 2. The lowest BCUT2D eigenvalue weighted by Crippen LogP contribution is -2.33. The number of hydrazone groups is 1. The number of halogens is 2. The lowest BCUT2D eigenvalue weighted by molar-refractivity contribution is -0.0189. The molecule has 1 aromatic heterocycles. The van der Waals surface area contributed by atoms with Crippen LogP contribution in [0.1, 0.15) is 35.6 Å². The molecule has 6 heteroatoms. The van der Waals surface area contributed by atoms with E-state index in [-0.39, 0.29) is 6.04 Å². The first-order valence-electron chi connectivity index (χ1n) is 8.31. The van der Waals surface area contributed by atoms with E-state index in [1.165, 1.54) is 0 Å². The standard InChI is InChI=1S/C20H14Cl2N2O2/c21-12-7-8-13(15(22)10-12)20-24-17(14-4-1-2-5-18(14)26-20)11-16(23-24)19-6-3-9-25-19/h1-10,17,20H,11H2. The third-order valence-electron chi connectivity index (χ3n) is 4.73. The van der Waals surface area contributed by atoms with Gasteiger partial charge in [-0.25, -0.2) is 5.01 Å². The predicted molar refractivity (Wildman–Crippen MR) is 101 cm³/mol. The zero-order chi connectivity index (χ0) is 17.7. The highest BCUT2D eigenvalue weighted by atomic mass is 35.5. The quantitative estimate of drug-likeness (QED) is 0.557. The van der Waals surface area contributed by atoms with Crippen LogP contribution < -0.4 is 4.74 Å². The number of hydrogen-bond acceptors (Lipinski definition) is 4. The normalized spacial score (nSPS) is 21.0. The van der Waals surface area contributed by atoms with Gasteiger partial charge in [-0.3, -0.25) is 0 Å². The number of furan rings is 1. The van der Waals surface area contributed by atoms with Gasteiger partial charge >= 0.3 is 0 Å². The third-order valence-corrected chi connectivity index (χ3v) is 5.30. The molecule has 2 aliphatic heterocycles. The van der Waals surface area contributed by atoms with Gasteiger partial charge in [0, 0.05) is 22.6 Å². The van der Waals surface area contributed by atoms with E-state index in [4.69, 9.17) is 37.5 Å². The van der Waals surface area contributed by atoms with E-state index < -0.39 is 6.23 Å². The molecule has 2 aliphatic rings. The Kier molecular flexibility index (Phi) is 3.69. The summed E-state index contributed by atoms with van der Waals surface area (Å²) >= 11 is 12.5. The molecule has 0 saturated heterocycles. The fraction of sp³-hybridized carbons (Fsp3) is 0.150. The number of ether oxygens (including phenoxy) is 1. The van der Waals surface area contributed by atoms with E-state index in [9.17, 15) is 0 Å². The van der Waals surface area contributed by atoms with Crippen molar-refractivity contribution in [2.75, 3.05) is 0 Å². The van der Waals surface area contributed by atoms with Gasteiger partial charge in [-0.2, -0.15) is 5.10 Å². The van der Waals surface area contributed by atoms with Gasteiger partial charge in [0.2, 0.25) is 6.23 Å². The Morgan fingerprint density at radius 3 is 2.69 bits per heavy atom. The Balaban J connectivity index is 1.63. The van der Waals surface area contributed by atoms with Crippen molar-refractivity contribution in [2.24, 2.45) is 5.10 Å². The summed E-state index contributed by atoms with van der Waals surface area (Å²) in [6.07, 6.45) is 1.98. The first-order valence-corrected chi connectivity index (χ1v) is 9.06. The van der Waals surface area contributed by atoms with Gasteiger partial charge < -0.3 is 9.15 Å². The highest BCUT2D eigenvalue weighted by molar-refractivity contribution is 6.35. The lowest BCUT2D eigenvalue weighted by atomic mass is 9.97. The van der Waals surface area contributed by atoms with Crippen molar-refractivity contribution in [2.45, 2.75) is 18.7 Å². The molecule has 0 spiro atoms. The molecule has 3 heterocycles. The van der Waals surface area contributed by atoms with E-state index >= 15 is 0 Å². The predicted octanol–water partition coefficient (Wildman–Crippen LogP) is 5.83. The smallest absolute Gasteiger partial charge is 0.215 e. The molecular weight excluding hydrogens is 371 g/mol. The van der Waals surface area contributed by atoms with Crippen molar-refractivity contribution in [3.05, 3.63) is 87.8 Å². The Morgan fingerprint density at radius 2 is 1.88 bits per heavy atom. The molecule has 0 saturated carbocycles. The number of fused-ring (bicyclic) bond motifs is 3. The summed E-state index contributed by atoms with van der Waals surface area (Å²) in [5.74, 6) is 1.62. The van der Waals surface area contributed by atoms with Gasteiger partial charge in [0.15, 0.2) is 0 Å². The SMILES string of the molecule is Clc1ccc(C2Oc3ccccc3C3CC(c4ccco4)=NN32)c(Cl)c1. The molecule has 0 radical (unpaired) electrons. The Hall–Kier alpha value is -2.43. The number of rotatable bonds is 2.